The molecule has 0 aliphatic heterocycles. The van der Waals surface area contributed by atoms with Gasteiger partial charge in [0.2, 0.25) is 0 Å². The Kier molecular flexibility index (Phi) is 5.63. The zero-order valence-electron chi connectivity index (χ0n) is 9.38. The van der Waals surface area contributed by atoms with Gasteiger partial charge in [-0.1, -0.05) is 18.3 Å². The topological polar surface area (TPSA) is 47.0 Å². The standard InChI is InChI=1S/C9H14F3N3OS/c1-2-4-13-6-7-14-15-8(17-7)16-5-3-9(10,11)12/h13H,2-6H2,1H3. The van der Waals surface area contributed by atoms with Crippen molar-refractivity contribution in [3.8, 4) is 5.19 Å². The summed E-state index contributed by atoms with van der Waals surface area (Å²) < 4.78 is 40.4. The van der Waals surface area contributed by atoms with Crippen LogP contribution in [0.1, 0.15) is 24.8 Å². The maximum atomic E-state index is 11.8. The van der Waals surface area contributed by atoms with Gasteiger partial charge in [0.05, 0.1) is 13.0 Å². The second-order valence-corrected chi connectivity index (χ2v) is 4.38. The van der Waals surface area contributed by atoms with Gasteiger partial charge in [-0.25, -0.2) is 0 Å². The Hall–Kier alpha value is -0.890. The molecule has 1 aromatic rings. The molecule has 0 fully saturated rings. The van der Waals surface area contributed by atoms with E-state index in [9.17, 15) is 13.2 Å². The average Bonchev–Trinajstić information content (AvgIpc) is 2.64. The highest BCUT2D eigenvalue weighted by Crippen LogP contribution is 2.22. The molecule has 4 nitrogen and oxygen atoms in total. The molecular formula is C9H14F3N3OS. The molecule has 0 saturated heterocycles. The Morgan fingerprint density at radius 2 is 2.12 bits per heavy atom. The number of halogens is 3. The smallest absolute Gasteiger partial charge is 0.392 e. The number of rotatable bonds is 7. The summed E-state index contributed by atoms with van der Waals surface area (Å²) in [5, 5.41) is 11.5. The quantitative estimate of drug-likeness (QED) is 0.772. The van der Waals surface area contributed by atoms with Crippen LogP contribution in [0.5, 0.6) is 5.19 Å². The van der Waals surface area contributed by atoms with E-state index in [0.717, 1.165) is 24.3 Å². The fourth-order valence-electron chi connectivity index (χ4n) is 0.994. The molecule has 0 amide bonds. The zero-order valence-corrected chi connectivity index (χ0v) is 10.2. The minimum absolute atomic E-state index is 0.183. The van der Waals surface area contributed by atoms with Crippen LogP contribution >= 0.6 is 11.3 Å². The van der Waals surface area contributed by atoms with E-state index < -0.39 is 19.2 Å². The summed E-state index contributed by atoms with van der Waals surface area (Å²) in [5.74, 6) is 0. The van der Waals surface area contributed by atoms with Gasteiger partial charge in [0.25, 0.3) is 5.19 Å². The van der Waals surface area contributed by atoms with Crippen LogP contribution < -0.4 is 10.1 Å². The molecule has 0 bridgehead atoms. The molecule has 0 unspecified atom stereocenters. The number of ether oxygens (including phenoxy) is 1. The van der Waals surface area contributed by atoms with Gasteiger partial charge in [0.15, 0.2) is 0 Å². The Labute approximate surface area is 101 Å². The molecule has 0 aromatic carbocycles. The van der Waals surface area contributed by atoms with Crippen molar-refractivity contribution in [1.82, 2.24) is 15.5 Å². The highest BCUT2D eigenvalue weighted by Gasteiger charge is 2.27. The Morgan fingerprint density at radius 3 is 2.76 bits per heavy atom. The van der Waals surface area contributed by atoms with Gasteiger partial charge in [-0.2, -0.15) is 13.2 Å². The van der Waals surface area contributed by atoms with Gasteiger partial charge < -0.3 is 10.1 Å². The highest BCUT2D eigenvalue weighted by molar-refractivity contribution is 7.13. The lowest BCUT2D eigenvalue weighted by Crippen LogP contribution is -2.13. The summed E-state index contributed by atoms with van der Waals surface area (Å²) in [4.78, 5) is 0. The number of alkyl halides is 3. The van der Waals surface area contributed by atoms with Crippen molar-refractivity contribution in [2.75, 3.05) is 13.2 Å². The van der Waals surface area contributed by atoms with Crippen LogP contribution in [0.3, 0.4) is 0 Å². The van der Waals surface area contributed by atoms with Crippen molar-refractivity contribution in [2.24, 2.45) is 0 Å². The van der Waals surface area contributed by atoms with Crippen molar-refractivity contribution in [3.05, 3.63) is 5.01 Å². The van der Waals surface area contributed by atoms with Crippen LogP contribution in [0.2, 0.25) is 0 Å². The summed E-state index contributed by atoms with van der Waals surface area (Å²) in [5.41, 5.74) is 0. The zero-order chi connectivity index (χ0) is 12.7. The minimum Gasteiger partial charge on any atom is -0.469 e. The number of nitrogens with zero attached hydrogens (tertiary/aromatic N) is 2. The molecule has 0 radical (unpaired) electrons. The first-order valence-corrected chi connectivity index (χ1v) is 6.05. The molecule has 0 atom stereocenters. The van der Waals surface area contributed by atoms with Crippen LogP contribution in [0.15, 0.2) is 0 Å². The molecule has 1 aromatic heterocycles. The van der Waals surface area contributed by atoms with E-state index in [-0.39, 0.29) is 5.19 Å². The van der Waals surface area contributed by atoms with Crippen molar-refractivity contribution in [1.29, 1.82) is 0 Å². The van der Waals surface area contributed by atoms with E-state index in [1.54, 1.807) is 0 Å². The molecule has 17 heavy (non-hydrogen) atoms. The first kappa shape index (κ1) is 14.2. The van der Waals surface area contributed by atoms with E-state index in [1.165, 1.54) is 0 Å². The van der Waals surface area contributed by atoms with E-state index in [1.807, 2.05) is 6.92 Å². The molecule has 1 N–H and O–H groups in total. The third-order valence-corrected chi connectivity index (χ3v) is 2.60. The number of hydrogen-bond acceptors (Lipinski definition) is 5. The largest absolute Gasteiger partial charge is 0.469 e. The van der Waals surface area contributed by atoms with E-state index in [0.29, 0.717) is 11.6 Å². The first-order valence-electron chi connectivity index (χ1n) is 5.24. The molecule has 0 spiro atoms. The van der Waals surface area contributed by atoms with Gasteiger partial charge in [-0.15, -0.1) is 10.2 Å². The average molecular weight is 269 g/mol. The fraction of sp³-hybridized carbons (Fsp3) is 0.778. The second kappa shape index (κ2) is 6.75. The van der Waals surface area contributed by atoms with Gasteiger partial charge in [-0.05, 0) is 13.0 Å². The lowest BCUT2D eigenvalue weighted by molar-refractivity contribution is -0.139. The molecule has 0 aliphatic rings. The predicted molar refractivity (Wildman–Crippen MR) is 58.1 cm³/mol. The van der Waals surface area contributed by atoms with Crippen LogP contribution in [0.4, 0.5) is 13.2 Å². The van der Waals surface area contributed by atoms with E-state index in [4.69, 9.17) is 4.74 Å². The molecular weight excluding hydrogens is 255 g/mol. The van der Waals surface area contributed by atoms with Crippen molar-refractivity contribution in [3.63, 3.8) is 0 Å². The fourth-order valence-corrected chi connectivity index (χ4v) is 1.68. The van der Waals surface area contributed by atoms with Gasteiger partial charge in [0, 0.05) is 6.54 Å². The van der Waals surface area contributed by atoms with Crippen molar-refractivity contribution in [2.45, 2.75) is 32.5 Å². The lowest BCUT2D eigenvalue weighted by Gasteiger charge is -2.05. The SMILES string of the molecule is CCCNCc1nnc(OCCC(F)(F)F)s1. The first-order chi connectivity index (χ1) is 8.01. The van der Waals surface area contributed by atoms with E-state index >= 15 is 0 Å². The third-order valence-electron chi connectivity index (χ3n) is 1.76. The van der Waals surface area contributed by atoms with Crippen LogP contribution in [-0.2, 0) is 6.54 Å². The predicted octanol–water partition coefficient (Wildman–Crippen LogP) is 2.37. The third kappa shape index (κ3) is 6.42. The summed E-state index contributed by atoms with van der Waals surface area (Å²) in [6, 6.07) is 0. The van der Waals surface area contributed by atoms with Crippen LogP contribution in [-0.4, -0.2) is 29.5 Å². The Morgan fingerprint density at radius 1 is 1.35 bits per heavy atom. The van der Waals surface area contributed by atoms with Crippen LogP contribution in [0.25, 0.3) is 0 Å². The Balaban J connectivity index is 2.26. The van der Waals surface area contributed by atoms with Gasteiger partial charge in [0.1, 0.15) is 5.01 Å². The molecule has 0 aliphatic carbocycles. The van der Waals surface area contributed by atoms with Gasteiger partial charge in [-0.3, -0.25) is 0 Å². The second-order valence-electron chi connectivity index (χ2n) is 3.35. The molecule has 98 valence electrons. The van der Waals surface area contributed by atoms with Crippen molar-refractivity contribution >= 4 is 11.3 Å². The normalized spacial score (nSPS) is 11.8. The summed E-state index contributed by atoms with van der Waals surface area (Å²) in [6.07, 6.45) is -4.17. The molecule has 1 rings (SSSR count). The maximum absolute atomic E-state index is 11.8. The minimum atomic E-state index is -4.20. The summed E-state index contributed by atoms with van der Waals surface area (Å²) in [7, 11) is 0. The highest BCUT2D eigenvalue weighted by atomic mass is 32.1. The number of hydrogen-bond donors (Lipinski definition) is 1. The monoisotopic (exact) mass is 269 g/mol. The Bertz CT molecular complexity index is 330. The van der Waals surface area contributed by atoms with E-state index in [2.05, 4.69) is 15.5 Å². The lowest BCUT2D eigenvalue weighted by atomic mass is 10.4. The summed E-state index contributed by atoms with van der Waals surface area (Å²) >= 11 is 1.16. The van der Waals surface area contributed by atoms with Gasteiger partial charge >= 0.3 is 6.18 Å². The molecule has 0 saturated carbocycles. The maximum Gasteiger partial charge on any atom is 0.392 e. The summed E-state index contributed by atoms with van der Waals surface area (Å²) in [6.45, 7) is 3.05. The molecule has 8 heteroatoms. The number of nitrogens with one attached hydrogen (secondary N) is 1. The van der Waals surface area contributed by atoms with Crippen molar-refractivity contribution < 1.29 is 17.9 Å². The molecule has 1 heterocycles. The van der Waals surface area contributed by atoms with Crippen LogP contribution in [0, 0.1) is 0 Å². The number of aromatic nitrogens is 2.